The minimum atomic E-state index is 0. The van der Waals surface area contributed by atoms with E-state index >= 15 is 0 Å². The first-order valence-corrected chi connectivity index (χ1v) is 12.4. The van der Waals surface area contributed by atoms with Crippen molar-refractivity contribution in [3.63, 3.8) is 0 Å². The molecule has 2 aromatic rings. The molecule has 4 rings (SSSR count). The van der Waals surface area contributed by atoms with Crippen LogP contribution in [0.15, 0.2) is 59.6 Å². The summed E-state index contributed by atoms with van der Waals surface area (Å²) in [5.41, 5.74) is 2.72. The fraction of sp³-hybridized carbons (Fsp3) is 0.519. The van der Waals surface area contributed by atoms with Crippen LogP contribution in [0.1, 0.15) is 42.9 Å². The third-order valence-corrected chi connectivity index (χ3v) is 6.95. The zero-order chi connectivity index (χ0) is 22.9. The molecule has 2 N–H and O–H groups in total. The monoisotopic (exact) mass is 577 g/mol. The average molecular weight is 578 g/mol. The van der Waals surface area contributed by atoms with E-state index in [0.717, 1.165) is 63.8 Å². The van der Waals surface area contributed by atoms with E-state index in [4.69, 9.17) is 4.74 Å². The number of guanidine groups is 1. The lowest BCUT2D eigenvalue weighted by molar-refractivity contribution is 0.198. The van der Waals surface area contributed by atoms with Crippen LogP contribution >= 0.6 is 24.0 Å². The summed E-state index contributed by atoms with van der Waals surface area (Å²) in [5, 5.41) is 7.30. The Bertz CT molecular complexity index is 862. The van der Waals surface area contributed by atoms with Crippen molar-refractivity contribution >= 4 is 29.9 Å². The molecule has 6 nitrogen and oxygen atoms in total. The van der Waals surface area contributed by atoms with Crippen LogP contribution in [0.25, 0.3) is 0 Å². The van der Waals surface area contributed by atoms with Crippen LogP contribution in [-0.2, 0) is 6.54 Å². The second-order valence-electron chi connectivity index (χ2n) is 9.17. The van der Waals surface area contributed by atoms with Crippen molar-refractivity contribution in [1.29, 1.82) is 0 Å². The van der Waals surface area contributed by atoms with Gasteiger partial charge in [0.2, 0.25) is 0 Å². The van der Waals surface area contributed by atoms with Crippen molar-refractivity contribution in [3.8, 4) is 5.75 Å². The first-order chi connectivity index (χ1) is 16.2. The summed E-state index contributed by atoms with van der Waals surface area (Å²) in [5.74, 6) is 1.82. The van der Waals surface area contributed by atoms with Crippen LogP contribution in [0.2, 0.25) is 0 Å². The Morgan fingerprint density at radius 1 is 1.00 bits per heavy atom. The van der Waals surface area contributed by atoms with Crippen molar-refractivity contribution in [2.45, 2.75) is 44.3 Å². The summed E-state index contributed by atoms with van der Waals surface area (Å²) < 4.78 is 5.35. The summed E-state index contributed by atoms with van der Waals surface area (Å²) in [7, 11) is 3.59. The second kappa shape index (κ2) is 13.9. The van der Waals surface area contributed by atoms with Crippen molar-refractivity contribution < 1.29 is 4.74 Å². The maximum absolute atomic E-state index is 5.35. The number of aliphatic imine (C=N–C) groups is 1. The number of hydrogen-bond acceptors (Lipinski definition) is 4. The number of nitrogens with zero attached hydrogens (tertiary/aromatic N) is 3. The molecule has 0 radical (unpaired) electrons. The molecular weight excluding hydrogens is 537 g/mol. The van der Waals surface area contributed by atoms with Crippen LogP contribution < -0.4 is 15.4 Å². The van der Waals surface area contributed by atoms with Crippen molar-refractivity contribution in [2.75, 3.05) is 46.9 Å². The summed E-state index contributed by atoms with van der Waals surface area (Å²) in [6.07, 6.45) is 4.84. The fourth-order valence-corrected chi connectivity index (χ4v) is 5.00. The number of rotatable bonds is 8. The van der Waals surface area contributed by atoms with E-state index in [2.05, 4.69) is 80.0 Å². The third-order valence-electron chi connectivity index (χ3n) is 6.95. The van der Waals surface area contributed by atoms with E-state index in [9.17, 15) is 0 Å². The zero-order valence-electron chi connectivity index (χ0n) is 20.6. The van der Waals surface area contributed by atoms with Gasteiger partial charge in [-0.3, -0.25) is 14.8 Å². The highest BCUT2D eigenvalue weighted by Gasteiger charge is 2.25. The first kappa shape index (κ1) is 26.8. The van der Waals surface area contributed by atoms with Gasteiger partial charge in [0.05, 0.1) is 13.2 Å². The maximum atomic E-state index is 5.35. The molecule has 0 aromatic heterocycles. The van der Waals surface area contributed by atoms with Crippen molar-refractivity contribution in [2.24, 2.45) is 4.99 Å². The molecule has 2 heterocycles. The summed E-state index contributed by atoms with van der Waals surface area (Å²) in [6.45, 7) is 6.44. The molecular formula is C27H40IN5O. The normalized spacial score (nSPS) is 18.8. The summed E-state index contributed by atoms with van der Waals surface area (Å²) in [4.78, 5) is 9.67. The van der Waals surface area contributed by atoms with E-state index in [0.29, 0.717) is 12.1 Å². The Labute approximate surface area is 222 Å². The van der Waals surface area contributed by atoms with Crippen LogP contribution in [0.5, 0.6) is 5.75 Å². The standard InChI is InChI=1S/C27H39N5O.HI/c1-28-27(30-24-14-18-31(19-15-24)21-22-8-4-3-5-9-22)29-20-26(32-16-6-7-17-32)23-10-12-25(33-2)13-11-23;/h3-5,8-13,24,26H,6-7,14-21H2,1-2H3,(H2,28,29,30);1H. The largest absolute Gasteiger partial charge is 0.497 e. The maximum Gasteiger partial charge on any atom is 0.191 e. The van der Waals surface area contributed by atoms with E-state index in [-0.39, 0.29) is 24.0 Å². The molecule has 186 valence electrons. The number of piperidine rings is 1. The predicted molar refractivity (Wildman–Crippen MR) is 151 cm³/mol. The lowest BCUT2D eigenvalue weighted by Crippen LogP contribution is -2.49. The number of hydrogen-bond donors (Lipinski definition) is 2. The lowest BCUT2D eigenvalue weighted by Gasteiger charge is -2.34. The van der Waals surface area contributed by atoms with Gasteiger partial charge in [-0.25, -0.2) is 0 Å². The average Bonchev–Trinajstić information content (AvgIpc) is 3.40. The smallest absolute Gasteiger partial charge is 0.191 e. The lowest BCUT2D eigenvalue weighted by atomic mass is 10.0. The fourth-order valence-electron chi connectivity index (χ4n) is 5.00. The Hall–Kier alpha value is -1.84. The second-order valence-corrected chi connectivity index (χ2v) is 9.17. The highest BCUT2D eigenvalue weighted by molar-refractivity contribution is 14.0. The van der Waals surface area contributed by atoms with E-state index in [1.807, 2.05) is 7.05 Å². The minimum Gasteiger partial charge on any atom is -0.497 e. The van der Waals surface area contributed by atoms with Crippen LogP contribution in [-0.4, -0.2) is 68.7 Å². The molecule has 0 saturated carbocycles. The summed E-state index contributed by atoms with van der Waals surface area (Å²) in [6, 6.07) is 20.1. The number of halogens is 1. The Balaban J connectivity index is 0.00000324. The number of likely N-dealkylation sites (tertiary alicyclic amines) is 2. The Morgan fingerprint density at radius 2 is 1.68 bits per heavy atom. The van der Waals surface area contributed by atoms with E-state index < -0.39 is 0 Å². The molecule has 0 aliphatic carbocycles. The van der Waals surface area contributed by atoms with Gasteiger partial charge in [0, 0.05) is 39.3 Å². The number of methoxy groups -OCH3 is 1. The van der Waals surface area contributed by atoms with Crippen LogP contribution in [0.4, 0.5) is 0 Å². The minimum absolute atomic E-state index is 0. The molecule has 1 unspecified atom stereocenters. The SMILES string of the molecule is CN=C(NCC(c1ccc(OC)cc1)N1CCCC1)NC1CCN(Cc2ccccc2)CC1.I. The molecule has 2 saturated heterocycles. The van der Waals surface area contributed by atoms with Crippen molar-refractivity contribution in [1.82, 2.24) is 20.4 Å². The molecule has 1 atom stereocenters. The molecule has 7 heteroatoms. The highest BCUT2D eigenvalue weighted by Crippen LogP contribution is 2.26. The molecule has 2 aliphatic heterocycles. The summed E-state index contributed by atoms with van der Waals surface area (Å²) >= 11 is 0. The Kier molecular flexibility index (Phi) is 10.9. The van der Waals surface area contributed by atoms with Crippen LogP contribution in [0.3, 0.4) is 0 Å². The molecule has 34 heavy (non-hydrogen) atoms. The van der Waals surface area contributed by atoms with Gasteiger partial charge in [-0.05, 0) is 62.0 Å². The molecule has 2 aromatic carbocycles. The van der Waals surface area contributed by atoms with E-state index in [1.54, 1.807) is 7.11 Å². The van der Waals surface area contributed by atoms with Gasteiger partial charge in [0.25, 0.3) is 0 Å². The quantitative estimate of drug-likeness (QED) is 0.279. The van der Waals surface area contributed by atoms with Gasteiger partial charge in [0.1, 0.15) is 5.75 Å². The van der Waals surface area contributed by atoms with Crippen LogP contribution in [0, 0.1) is 0 Å². The van der Waals surface area contributed by atoms with Gasteiger partial charge in [-0.1, -0.05) is 42.5 Å². The van der Waals surface area contributed by atoms with Gasteiger partial charge in [-0.15, -0.1) is 24.0 Å². The number of nitrogens with one attached hydrogen (secondary N) is 2. The van der Waals surface area contributed by atoms with Crippen molar-refractivity contribution in [3.05, 3.63) is 65.7 Å². The molecule has 2 fully saturated rings. The third kappa shape index (κ3) is 7.58. The Morgan fingerprint density at radius 3 is 2.29 bits per heavy atom. The van der Waals surface area contributed by atoms with Gasteiger partial charge in [-0.2, -0.15) is 0 Å². The van der Waals surface area contributed by atoms with Gasteiger partial charge >= 0.3 is 0 Å². The first-order valence-electron chi connectivity index (χ1n) is 12.4. The van der Waals surface area contributed by atoms with Gasteiger partial charge in [0.15, 0.2) is 5.96 Å². The molecule has 2 aliphatic rings. The van der Waals surface area contributed by atoms with E-state index in [1.165, 1.54) is 24.0 Å². The molecule has 0 bridgehead atoms. The zero-order valence-corrected chi connectivity index (χ0v) is 22.9. The molecule has 0 spiro atoms. The number of ether oxygens (including phenoxy) is 1. The predicted octanol–water partition coefficient (Wildman–Crippen LogP) is 4.28. The topological polar surface area (TPSA) is 52.1 Å². The molecule has 0 amide bonds. The number of benzene rings is 2. The van der Waals surface area contributed by atoms with Gasteiger partial charge < -0.3 is 15.4 Å². The highest BCUT2D eigenvalue weighted by atomic mass is 127.